The molecule has 0 radical (unpaired) electrons. The van der Waals surface area contributed by atoms with E-state index >= 15 is 0 Å². The maximum atomic E-state index is 5.95. The second-order valence-corrected chi connectivity index (χ2v) is 6.69. The molecule has 0 aromatic carbocycles. The van der Waals surface area contributed by atoms with Gasteiger partial charge >= 0.3 is 0 Å². The van der Waals surface area contributed by atoms with Crippen LogP contribution in [0.4, 0.5) is 0 Å². The maximum absolute atomic E-state index is 5.95. The van der Waals surface area contributed by atoms with Gasteiger partial charge in [-0.05, 0) is 32.9 Å². The topological polar surface area (TPSA) is 40.7 Å². The van der Waals surface area contributed by atoms with Gasteiger partial charge in [-0.3, -0.25) is 5.10 Å². The molecule has 0 spiro atoms. The van der Waals surface area contributed by atoms with Crippen molar-refractivity contribution < 1.29 is 0 Å². The highest BCUT2D eigenvalue weighted by molar-refractivity contribution is 7.19. The van der Waals surface area contributed by atoms with Gasteiger partial charge in [0.05, 0.1) is 21.1 Å². The number of hydrogen-bond donors (Lipinski definition) is 2. The number of hydrogen-bond acceptors (Lipinski definition) is 3. The smallest absolute Gasteiger partial charge is 0.0935 e. The van der Waals surface area contributed by atoms with Crippen molar-refractivity contribution in [1.82, 2.24) is 15.5 Å². The van der Waals surface area contributed by atoms with Crippen molar-refractivity contribution in [2.45, 2.75) is 32.9 Å². The zero-order valence-corrected chi connectivity index (χ0v) is 11.7. The first kappa shape index (κ1) is 12.6. The monoisotopic (exact) mass is 269 g/mol. The van der Waals surface area contributed by atoms with E-state index in [4.69, 9.17) is 11.6 Å². The molecule has 92 valence electrons. The first-order chi connectivity index (χ1) is 7.96. The summed E-state index contributed by atoms with van der Waals surface area (Å²) in [5.41, 5.74) is 2.32. The van der Waals surface area contributed by atoms with Crippen molar-refractivity contribution in [1.29, 1.82) is 0 Å². The Bertz CT molecular complexity index is 496. The Morgan fingerprint density at radius 2 is 2.18 bits per heavy atom. The molecule has 0 unspecified atom stereocenters. The largest absolute Gasteiger partial charge is 0.308 e. The van der Waals surface area contributed by atoms with Crippen LogP contribution in [-0.4, -0.2) is 15.7 Å². The molecular formula is C12H16ClN3S. The van der Waals surface area contributed by atoms with E-state index in [1.165, 1.54) is 5.56 Å². The van der Waals surface area contributed by atoms with Crippen LogP contribution in [0.5, 0.6) is 0 Å². The van der Waals surface area contributed by atoms with Gasteiger partial charge in [-0.25, -0.2) is 0 Å². The van der Waals surface area contributed by atoms with Crippen molar-refractivity contribution in [2.75, 3.05) is 0 Å². The Balaban J connectivity index is 2.17. The lowest BCUT2D eigenvalue weighted by Crippen LogP contribution is -2.35. The van der Waals surface area contributed by atoms with Crippen LogP contribution in [0, 0.1) is 0 Å². The lowest BCUT2D eigenvalue weighted by atomic mass is 10.1. The third-order valence-corrected chi connectivity index (χ3v) is 3.60. The minimum Gasteiger partial charge on any atom is -0.308 e. The highest BCUT2D eigenvalue weighted by Crippen LogP contribution is 2.31. The van der Waals surface area contributed by atoms with E-state index in [9.17, 15) is 0 Å². The maximum Gasteiger partial charge on any atom is 0.0935 e. The lowest BCUT2D eigenvalue weighted by Gasteiger charge is -2.20. The number of H-pyrrole nitrogens is 1. The second-order valence-electron chi connectivity index (χ2n) is 4.98. The quantitative estimate of drug-likeness (QED) is 0.892. The summed E-state index contributed by atoms with van der Waals surface area (Å²) in [5.74, 6) is 0. The van der Waals surface area contributed by atoms with Gasteiger partial charge in [0.1, 0.15) is 0 Å². The molecule has 0 saturated carbocycles. The molecule has 3 nitrogen and oxygen atoms in total. The predicted molar refractivity (Wildman–Crippen MR) is 73.5 cm³/mol. The highest BCUT2D eigenvalue weighted by Gasteiger charge is 2.13. The number of aromatic nitrogens is 2. The van der Waals surface area contributed by atoms with E-state index in [2.05, 4.69) is 36.3 Å². The van der Waals surface area contributed by atoms with Gasteiger partial charge in [0.25, 0.3) is 0 Å². The summed E-state index contributed by atoms with van der Waals surface area (Å²) in [6.45, 7) is 7.24. The number of rotatable bonds is 3. The van der Waals surface area contributed by atoms with Crippen LogP contribution in [-0.2, 0) is 6.54 Å². The van der Waals surface area contributed by atoms with Gasteiger partial charge in [0, 0.05) is 17.6 Å². The lowest BCUT2D eigenvalue weighted by molar-refractivity contribution is 0.424. The van der Waals surface area contributed by atoms with E-state index in [0.717, 1.165) is 21.5 Å². The molecule has 2 N–H and O–H groups in total. The normalized spacial score (nSPS) is 12.0. The Labute approximate surface area is 110 Å². The van der Waals surface area contributed by atoms with Gasteiger partial charge in [-0.15, -0.1) is 11.3 Å². The van der Waals surface area contributed by atoms with Crippen LogP contribution >= 0.6 is 22.9 Å². The molecule has 2 heterocycles. The minimum absolute atomic E-state index is 0.0988. The molecular weight excluding hydrogens is 254 g/mol. The van der Waals surface area contributed by atoms with Crippen molar-refractivity contribution in [3.05, 3.63) is 28.2 Å². The fraction of sp³-hybridized carbons (Fsp3) is 0.417. The van der Waals surface area contributed by atoms with Gasteiger partial charge in [0.2, 0.25) is 0 Å². The summed E-state index contributed by atoms with van der Waals surface area (Å²) in [4.78, 5) is 1.12. The highest BCUT2D eigenvalue weighted by atomic mass is 35.5. The Morgan fingerprint density at radius 3 is 2.76 bits per heavy atom. The van der Waals surface area contributed by atoms with Crippen LogP contribution in [0.15, 0.2) is 18.3 Å². The Hall–Kier alpha value is -0.840. The molecule has 0 amide bonds. The van der Waals surface area contributed by atoms with Crippen LogP contribution in [0.3, 0.4) is 0 Å². The summed E-state index contributed by atoms with van der Waals surface area (Å²) in [6.07, 6.45) is 1.86. The van der Waals surface area contributed by atoms with Crippen molar-refractivity contribution >= 4 is 22.9 Å². The van der Waals surface area contributed by atoms with E-state index in [1.807, 2.05) is 18.3 Å². The SMILES string of the molecule is CC(C)(C)NCc1cn[nH]c1-c1ccc(Cl)s1. The molecule has 2 aromatic rings. The molecule has 17 heavy (non-hydrogen) atoms. The van der Waals surface area contributed by atoms with E-state index in [0.29, 0.717) is 0 Å². The zero-order chi connectivity index (χ0) is 12.5. The molecule has 0 aliphatic heterocycles. The number of nitrogens with zero attached hydrogens (tertiary/aromatic N) is 1. The third-order valence-electron chi connectivity index (χ3n) is 2.35. The number of thiophene rings is 1. The average Bonchev–Trinajstić information content (AvgIpc) is 2.81. The summed E-state index contributed by atoms with van der Waals surface area (Å²) in [7, 11) is 0. The molecule has 0 fully saturated rings. The molecule has 0 atom stereocenters. The number of aromatic amines is 1. The summed E-state index contributed by atoms with van der Waals surface area (Å²) >= 11 is 7.51. The van der Waals surface area contributed by atoms with Crippen LogP contribution in [0.2, 0.25) is 4.34 Å². The first-order valence-corrected chi connectivity index (χ1v) is 6.68. The zero-order valence-electron chi connectivity index (χ0n) is 10.2. The molecule has 0 saturated heterocycles. The van der Waals surface area contributed by atoms with Gasteiger partial charge < -0.3 is 5.32 Å². The first-order valence-electron chi connectivity index (χ1n) is 5.49. The fourth-order valence-corrected chi connectivity index (χ4v) is 2.54. The van der Waals surface area contributed by atoms with Crippen LogP contribution in [0.1, 0.15) is 26.3 Å². The van der Waals surface area contributed by atoms with E-state index < -0.39 is 0 Å². The van der Waals surface area contributed by atoms with Crippen molar-refractivity contribution in [3.8, 4) is 10.6 Å². The summed E-state index contributed by atoms with van der Waals surface area (Å²) in [6, 6.07) is 3.92. The second kappa shape index (κ2) is 4.80. The molecule has 0 aliphatic carbocycles. The van der Waals surface area contributed by atoms with Crippen LogP contribution in [0.25, 0.3) is 10.6 Å². The predicted octanol–water partition coefficient (Wildman–Crippen LogP) is 3.68. The summed E-state index contributed by atoms with van der Waals surface area (Å²) in [5, 5.41) is 10.6. The number of halogens is 1. The van der Waals surface area contributed by atoms with Gasteiger partial charge in [-0.2, -0.15) is 5.10 Å². The van der Waals surface area contributed by atoms with Crippen molar-refractivity contribution in [2.24, 2.45) is 0 Å². The molecule has 2 rings (SSSR count). The van der Waals surface area contributed by atoms with E-state index in [1.54, 1.807) is 11.3 Å². The van der Waals surface area contributed by atoms with Crippen molar-refractivity contribution in [3.63, 3.8) is 0 Å². The Kier molecular flexibility index (Phi) is 3.56. The Morgan fingerprint density at radius 1 is 1.41 bits per heavy atom. The number of nitrogens with one attached hydrogen (secondary N) is 2. The van der Waals surface area contributed by atoms with E-state index in [-0.39, 0.29) is 5.54 Å². The van der Waals surface area contributed by atoms with Gasteiger partial charge in [-0.1, -0.05) is 11.6 Å². The summed E-state index contributed by atoms with van der Waals surface area (Å²) < 4.78 is 0.796. The average molecular weight is 270 g/mol. The molecule has 2 aromatic heterocycles. The molecule has 0 aliphatic rings. The standard InChI is InChI=1S/C12H16ClN3S/c1-12(2,3)14-6-8-7-15-16-11(8)9-4-5-10(13)17-9/h4-5,7,14H,6H2,1-3H3,(H,15,16). The minimum atomic E-state index is 0.0988. The van der Waals surface area contributed by atoms with Gasteiger partial charge in [0.15, 0.2) is 0 Å². The van der Waals surface area contributed by atoms with Crippen LogP contribution < -0.4 is 5.32 Å². The molecule has 5 heteroatoms. The third kappa shape index (κ3) is 3.31. The molecule has 0 bridgehead atoms. The fourth-order valence-electron chi connectivity index (χ4n) is 1.47.